The van der Waals surface area contributed by atoms with Crippen molar-refractivity contribution in [2.45, 2.75) is 19.1 Å². The van der Waals surface area contributed by atoms with Crippen molar-refractivity contribution in [2.24, 2.45) is 5.92 Å². The summed E-state index contributed by atoms with van der Waals surface area (Å²) in [7, 11) is 1.60. The van der Waals surface area contributed by atoms with Gasteiger partial charge < -0.3 is 4.74 Å². The molecule has 162 valence electrons. The number of aryl methyl sites for hydroxylation is 1. The SMILES string of the molecule is COc1ccc(C2C3C(=O)N(c4ccccc4Cl)C(=O)C3ON2c2ccccc2C)cc1. The number of imide groups is 1. The molecule has 3 atom stereocenters. The van der Waals surface area contributed by atoms with Crippen LogP contribution in [0.1, 0.15) is 17.2 Å². The van der Waals surface area contributed by atoms with Gasteiger partial charge in [-0.25, -0.2) is 9.96 Å². The third-order valence-electron chi connectivity index (χ3n) is 6.02. The molecule has 2 aliphatic rings. The summed E-state index contributed by atoms with van der Waals surface area (Å²) in [6.07, 6.45) is -0.939. The van der Waals surface area contributed by atoms with Gasteiger partial charge in [0.1, 0.15) is 11.7 Å². The van der Waals surface area contributed by atoms with Crippen molar-refractivity contribution in [3.63, 3.8) is 0 Å². The Kier molecular flexibility index (Phi) is 5.12. The van der Waals surface area contributed by atoms with Crippen LogP contribution in [0.25, 0.3) is 0 Å². The number of anilines is 2. The van der Waals surface area contributed by atoms with E-state index in [9.17, 15) is 9.59 Å². The number of hydrogen-bond donors (Lipinski definition) is 0. The van der Waals surface area contributed by atoms with E-state index in [1.807, 2.05) is 55.5 Å². The minimum absolute atomic E-state index is 0.329. The number of nitrogens with zero attached hydrogens (tertiary/aromatic N) is 2. The summed E-state index contributed by atoms with van der Waals surface area (Å²) in [5, 5.41) is 2.04. The fraction of sp³-hybridized carbons (Fsp3) is 0.200. The van der Waals surface area contributed by atoms with Crippen molar-refractivity contribution in [1.29, 1.82) is 0 Å². The minimum atomic E-state index is -0.939. The van der Waals surface area contributed by atoms with Crippen molar-refractivity contribution in [3.8, 4) is 5.75 Å². The molecule has 0 bridgehead atoms. The Labute approximate surface area is 190 Å². The number of ether oxygens (including phenoxy) is 1. The Morgan fingerprint density at radius 1 is 0.875 bits per heavy atom. The number of amides is 2. The van der Waals surface area contributed by atoms with E-state index in [2.05, 4.69) is 0 Å². The lowest BCUT2D eigenvalue weighted by atomic mass is 9.90. The second-order valence-corrected chi connectivity index (χ2v) is 8.25. The molecule has 2 amide bonds. The maximum Gasteiger partial charge on any atom is 0.266 e. The van der Waals surface area contributed by atoms with E-state index in [0.29, 0.717) is 16.5 Å². The van der Waals surface area contributed by atoms with Crippen LogP contribution < -0.4 is 14.7 Å². The van der Waals surface area contributed by atoms with Gasteiger partial charge in [-0.05, 0) is 48.4 Å². The van der Waals surface area contributed by atoms with Crippen LogP contribution in [0, 0.1) is 12.8 Å². The Hall–Kier alpha value is -3.35. The average Bonchev–Trinajstić information content (AvgIpc) is 3.31. The lowest BCUT2D eigenvalue weighted by Gasteiger charge is -2.30. The van der Waals surface area contributed by atoms with Gasteiger partial charge in [0, 0.05) is 0 Å². The van der Waals surface area contributed by atoms with Crippen molar-refractivity contribution in [3.05, 3.63) is 88.9 Å². The largest absolute Gasteiger partial charge is 0.497 e. The number of methoxy groups -OCH3 is 1. The first kappa shape index (κ1) is 20.5. The van der Waals surface area contributed by atoms with E-state index in [1.54, 1.807) is 36.4 Å². The summed E-state index contributed by atoms with van der Waals surface area (Å²) in [6, 6.07) is 21.6. The van der Waals surface area contributed by atoms with Crippen LogP contribution in [0.2, 0.25) is 5.02 Å². The van der Waals surface area contributed by atoms with Crippen LogP contribution in [0.5, 0.6) is 5.75 Å². The normalized spacial score (nSPS) is 22.4. The Balaban J connectivity index is 1.61. The molecule has 2 fully saturated rings. The number of rotatable bonds is 4. The monoisotopic (exact) mass is 448 g/mol. The van der Waals surface area contributed by atoms with Gasteiger partial charge in [-0.15, -0.1) is 0 Å². The fourth-order valence-electron chi connectivity index (χ4n) is 4.44. The predicted octanol–water partition coefficient (Wildman–Crippen LogP) is 4.71. The van der Waals surface area contributed by atoms with Gasteiger partial charge in [-0.2, -0.15) is 0 Å². The van der Waals surface area contributed by atoms with E-state index in [-0.39, 0.29) is 5.91 Å². The van der Waals surface area contributed by atoms with Crippen LogP contribution in [-0.4, -0.2) is 25.0 Å². The summed E-state index contributed by atoms with van der Waals surface area (Å²) in [5.74, 6) is -0.752. The molecule has 2 saturated heterocycles. The molecule has 3 aromatic rings. The van der Waals surface area contributed by atoms with Crippen LogP contribution in [0.15, 0.2) is 72.8 Å². The average molecular weight is 449 g/mol. The molecule has 0 aliphatic carbocycles. The lowest BCUT2D eigenvalue weighted by molar-refractivity contribution is -0.126. The minimum Gasteiger partial charge on any atom is -0.497 e. The second kappa shape index (κ2) is 7.97. The summed E-state index contributed by atoms with van der Waals surface area (Å²) in [4.78, 5) is 34.4. The maximum atomic E-state index is 13.6. The van der Waals surface area contributed by atoms with Crippen LogP contribution in [0.4, 0.5) is 11.4 Å². The van der Waals surface area contributed by atoms with E-state index in [4.69, 9.17) is 21.2 Å². The first-order valence-corrected chi connectivity index (χ1v) is 10.7. The van der Waals surface area contributed by atoms with Gasteiger partial charge in [-0.1, -0.05) is 54.1 Å². The summed E-state index contributed by atoms with van der Waals surface area (Å²) in [6.45, 7) is 1.97. The van der Waals surface area contributed by atoms with Crippen molar-refractivity contribution >= 4 is 34.8 Å². The smallest absolute Gasteiger partial charge is 0.266 e. The Morgan fingerprint density at radius 3 is 2.19 bits per heavy atom. The van der Waals surface area contributed by atoms with E-state index in [0.717, 1.165) is 21.7 Å². The zero-order chi connectivity index (χ0) is 22.4. The fourth-order valence-corrected chi connectivity index (χ4v) is 4.66. The highest BCUT2D eigenvalue weighted by Crippen LogP contribution is 2.48. The predicted molar refractivity (Wildman–Crippen MR) is 122 cm³/mol. The molecule has 3 unspecified atom stereocenters. The number of benzene rings is 3. The van der Waals surface area contributed by atoms with Crippen LogP contribution in [-0.2, 0) is 14.4 Å². The quantitative estimate of drug-likeness (QED) is 0.541. The molecule has 0 N–H and O–H groups in total. The van der Waals surface area contributed by atoms with Gasteiger partial charge >= 0.3 is 0 Å². The molecule has 6 nitrogen and oxygen atoms in total. The highest BCUT2D eigenvalue weighted by atomic mass is 35.5. The first-order valence-electron chi connectivity index (χ1n) is 10.3. The molecule has 0 aromatic heterocycles. The topological polar surface area (TPSA) is 59.1 Å². The molecular formula is C25H21ClN2O4. The maximum absolute atomic E-state index is 13.6. The van der Waals surface area contributed by atoms with Crippen LogP contribution >= 0.6 is 11.6 Å². The van der Waals surface area contributed by atoms with Gasteiger partial charge in [0.25, 0.3) is 5.91 Å². The number of fused-ring (bicyclic) bond motifs is 1. The zero-order valence-corrected chi connectivity index (χ0v) is 18.3. The molecule has 3 aromatic carbocycles. The number of hydrogen-bond acceptors (Lipinski definition) is 5. The van der Waals surface area contributed by atoms with E-state index in [1.165, 1.54) is 0 Å². The lowest BCUT2D eigenvalue weighted by Crippen LogP contribution is -2.37. The zero-order valence-electron chi connectivity index (χ0n) is 17.6. The molecule has 0 saturated carbocycles. The second-order valence-electron chi connectivity index (χ2n) is 7.85. The third-order valence-corrected chi connectivity index (χ3v) is 6.34. The number of carbonyl (C=O) groups excluding carboxylic acids is 2. The molecule has 5 rings (SSSR count). The Morgan fingerprint density at radius 2 is 1.53 bits per heavy atom. The van der Waals surface area contributed by atoms with Crippen molar-refractivity contribution in [2.75, 3.05) is 17.1 Å². The molecule has 2 heterocycles. The number of carbonyl (C=O) groups is 2. The standard InChI is InChI=1S/C25H21ClN2O4/c1-15-7-3-5-9-19(15)28-22(16-11-13-17(31-2)14-12-16)21-23(32-28)25(30)27(24(21)29)20-10-6-4-8-18(20)26/h3-14,21-23H,1-2H3. The molecular weight excluding hydrogens is 428 g/mol. The first-order chi connectivity index (χ1) is 15.5. The highest BCUT2D eigenvalue weighted by molar-refractivity contribution is 6.36. The molecule has 0 radical (unpaired) electrons. The van der Waals surface area contributed by atoms with Gasteiger partial charge in [-0.3, -0.25) is 14.4 Å². The van der Waals surface area contributed by atoms with Crippen LogP contribution in [0.3, 0.4) is 0 Å². The van der Waals surface area contributed by atoms with Crippen molar-refractivity contribution in [1.82, 2.24) is 0 Å². The van der Waals surface area contributed by atoms with Gasteiger partial charge in [0.2, 0.25) is 5.91 Å². The van der Waals surface area contributed by atoms with Gasteiger partial charge in [0.15, 0.2) is 6.10 Å². The number of hydroxylamine groups is 1. The third kappa shape index (κ3) is 3.15. The summed E-state index contributed by atoms with van der Waals surface area (Å²) in [5.41, 5.74) is 3.02. The molecule has 0 spiro atoms. The molecule has 7 heteroatoms. The van der Waals surface area contributed by atoms with E-state index < -0.39 is 24.0 Å². The summed E-state index contributed by atoms with van der Waals surface area (Å²) >= 11 is 6.31. The Bertz CT molecular complexity index is 1200. The number of para-hydroxylation sites is 2. The molecule has 2 aliphatic heterocycles. The number of halogens is 1. The van der Waals surface area contributed by atoms with E-state index >= 15 is 0 Å². The van der Waals surface area contributed by atoms with Gasteiger partial charge in [0.05, 0.1) is 29.5 Å². The highest BCUT2D eigenvalue weighted by Gasteiger charge is 2.60. The van der Waals surface area contributed by atoms with Crippen molar-refractivity contribution < 1.29 is 19.2 Å². The molecule has 32 heavy (non-hydrogen) atoms. The summed E-state index contributed by atoms with van der Waals surface area (Å²) < 4.78 is 5.29.